The Kier molecular flexibility index (Phi) is 3.85. The predicted molar refractivity (Wildman–Crippen MR) is 87.7 cm³/mol. The average Bonchev–Trinajstić information content (AvgIpc) is 2.45. The number of H-pyrrole nitrogens is 1. The summed E-state index contributed by atoms with van der Waals surface area (Å²) in [6, 6.07) is 5.95. The van der Waals surface area contributed by atoms with E-state index in [-0.39, 0.29) is 5.43 Å². The first-order chi connectivity index (χ1) is 10.1. The van der Waals surface area contributed by atoms with Gasteiger partial charge in [-0.2, -0.15) is 0 Å². The number of nitrogens with zero attached hydrogens (tertiary/aromatic N) is 1. The van der Waals surface area contributed by atoms with Gasteiger partial charge in [0.2, 0.25) is 0 Å². The highest BCUT2D eigenvalue weighted by atomic mass is 16.1. The monoisotopic (exact) mass is 284 g/mol. The zero-order valence-corrected chi connectivity index (χ0v) is 13.2. The van der Waals surface area contributed by atoms with Gasteiger partial charge in [0.1, 0.15) is 0 Å². The lowest BCUT2D eigenvalue weighted by atomic mass is 9.99. The Morgan fingerprint density at radius 3 is 2.90 bits per heavy atom. The van der Waals surface area contributed by atoms with Gasteiger partial charge in [0.15, 0.2) is 5.43 Å². The van der Waals surface area contributed by atoms with E-state index >= 15 is 0 Å². The van der Waals surface area contributed by atoms with Gasteiger partial charge in [-0.25, -0.2) is 0 Å². The van der Waals surface area contributed by atoms with Crippen LogP contribution in [-0.4, -0.2) is 23.0 Å². The van der Waals surface area contributed by atoms with Gasteiger partial charge in [-0.1, -0.05) is 19.1 Å². The number of rotatable bonds is 2. The lowest BCUT2D eigenvalue weighted by Gasteiger charge is -2.31. The van der Waals surface area contributed by atoms with Crippen LogP contribution in [0.4, 0.5) is 0 Å². The van der Waals surface area contributed by atoms with E-state index in [0.717, 1.165) is 53.3 Å². The van der Waals surface area contributed by atoms with Crippen LogP contribution in [0.25, 0.3) is 10.9 Å². The van der Waals surface area contributed by atoms with Crippen LogP contribution in [0.2, 0.25) is 0 Å². The molecular formula is C18H24N2O. The second-order valence-electron chi connectivity index (χ2n) is 6.54. The van der Waals surface area contributed by atoms with Crippen molar-refractivity contribution in [1.29, 1.82) is 0 Å². The molecule has 1 saturated heterocycles. The summed E-state index contributed by atoms with van der Waals surface area (Å²) in [7, 11) is 0. The third-order valence-corrected chi connectivity index (χ3v) is 4.68. The second kappa shape index (κ2) is 5.64. The second-order valence-corrected chi connectivity index (χ2v) is 6.54. The van der Waals surface area contributed by atoms with Crippen LogP contribution in [0, 0.1) is 19.8 Å². The Labute approximate surface area is 126 Å². The number of para-hydroxylation sites is 1. The van der Waals surface area contributed by atoms with E-state index in [1.165, 1.54) is 12.8 Å². The van der Waals surface area contributed by atoms with Crippen molar-refractivity contribution < 1.29 is 0 Å². The van der Waals surface area contributed by atoms with Crippen LogP contribution < -0.4 is 5.43 Å². The minimum absolute atomic E-state index is 0.197. The largest absolute Gasteiger partial charge is 0.358 e. The molecule has 0 bridgehead atoms. The quantitative estimate of drug-likeness (QED) is 0.917. The molecule has 1 aliphatic rings. The first-order valence-electron chi connectivity index (χ1n) is 7.89. The number of fused-ring (bicyclic) bond motifs is 1. The molecule has 1 N–H and O–H groups in total. The molecule has 3 rings (SSSR count). The number of benzene rings is 1. The number of aromatic amines is 1. The first-order valence-corrected chi connectivity index (χ1v) is 7.89. The highest BCUT2D eigenvalue weighted by Crippen LogP contribution is 2.20. The van der Waals surface area contributed by atoms with E-state index < -0.39 is 0 Å². The molecule has 0 saturated carbocycles. The zero-order valence-electron chi connectivity index (χ0n) is 13.2. The van der Waals surface area contributed by atoms with Crippen molar-refractivity contribution in [2.24, 2.45) is 5.92 Å². The number of aryl methyl sites for hydroxylation is 2. The number of nitrogens with one attached hydrogen (secondary N) is 1. The number of piperidine rings is 1. The fourth-order valence-corrected chi connectivity index (χ4v) is 3.46. The Bertz CT molecular complexity index is 717. The summed E-state index contributed by atoms with van der Waals surface area (Å²) in [6.07, 6.45) is 2.55. The minimum Gasteiger partial charge on any atom is -0.358 e. The maximum Gasteiger partial charge on any atom is 0.194 e. The van der Waals surface area contributed by atoms with Crippen LogP contribution in [0.5, 0.6) is 0 Å². The van der Waals surface area contributed by atoms with Crippen molar-refractivity contribution in [3.63, 3.8) is 0 Å². The number of pyridine rings is 1. The third-order valence-electron chi connectivity index (χ3n) is 4.68. The molecule has 2 aromatic rings. The van der Waals surface area contributed by atoms with Gasteiger partial charge in [-0.3, -0.25) is 9.69 Å². The van der Waals surface area contributed by atoms with Crippen molar-refractivity contribution in [2.45, 2.75) is 40.2 Å². The lowest BCUT2D eigenvalue weighted by molar-refractivity contribution is 0.176. The smallest absolute Gasteiger partial charge is 0.194 e. The van der Waals surface area contributed by atoms with Crippen LogP contribution in [0.15, 0.2) is 23.0 Å². The molecule has 3 heteroatoms. The number of likely N-dealkylation sites (tertiary alicyclic amines) is 1. The molecule has 0 amide bonds. The van der Waals surface area contributed by atoms with Crippen LogP contribution in [0.1, 0.15) is 36.6 Å². The molecule has 1 aromatic heterocycles. The first kappa shape index (κ1) is 14.3. The molecule has 0 spiro atoms. The van der Waals surface area contributed by atoms with Crippen molar-refractivity contribution in [3.05, 3.63) is 45.2 Å². The van der Waals surface area contributed by atoms with Crippen molar-refractivity contribution >= 4 is 10.9 Å². The van der Waals surface area contributed by atoms with E-state index in [2.05, 4.69) is 16.8 Å². The summed E-state index contributed by atoms with van der Waals surface area (Å²) in [5.41, 5.74) is 4.26. The standard InChI is InChI=1S/C18H24N2O/c1-12-6-5-9-20(10-12)11-16-14(3)19-17-13(2)7-4-8-15(17)18(16)21/h4,7-8,12H,5-6,9-11H2,1-3H3,(H,19,21)/t12-/m0/s1. The zero-order chi connectivity index (χ0) is 15.0. The Morgan fingerprint density at radius 1 is 1.33 bits per heavy atom. The number of hydrogen-bond acceptors (Lipinski definition) is 2. The van der Waals surface area contributed by atoms with Crippen molar-refractivity contribution in [1.82, 2.24) is 9.88 Å². The van der Waals surface area contributed by atoms with Gasteiger partial charge in [0.05, 0.1) is 5.52 Å². The fourth-order valence-electron chi connectivity index (χ4n) is 3.46. The Balaban J connectivity index is 2.01. The van der Waals surface area contributed by atoms with Gasteiger partial charge in [0, 0.05) is 29.7 Å². The molecule has 21 heavy (non-hydrogen) atoms. The van der Waals surface area contributed by atoms with E-state index in [1.807, 2.05) is 32.0 Å². The molecule has 1 atom stereocenters. The highest BCUT2D eigenvalue weighted by Gasteiger charge is 2.19. The van der Waals surface area contributed by atoms with Gasteiger partial charge in [-0.05, 0) is 50.8 Å². The molecular weight excluding hydrogens is 260 g/mol. The Hall–Kier alpha value is -1.61. The number of aromatic nitrogens is 1. The van der Waals surface area contributed by atoms with Gasteiger partial charge >= 0.3 is 0 Å². The summed E-state index contributed by atoms with van der Waals surface area (Å²) in [4.78, 5) is 18.7. The van der Waals surface area contributed by atoms with E-state index in [1.54, 1.807) is 0 Å². The van der Waals surface area contributed by atoms with Gasteiger partial charge in [0.25, 0.3) is 0 Å². The number of hydrogen-bond donors (Lipinski definition) is 1. The summed E-state index contributed by atoms with van der Waals surface area (Å²) < 4.78 is 0. The molecule has 0 aliphatic carbocycles. The maximum absolute atomic E-state index is 12.8. The van der Waals surface area contributed by atoms with Crippen LogP contribution in [-0.2, 0) is 6.54 Å². The Morgan fingerprint density at radius 2 is 2.14 bits per heavy atom. The third kappa shape index (κ3) is 2.75. The van der Waals surface area contributed by atoms with Crippen LogP contribution >= 0.6 is 0 Å². The predicted octanol–water partition coefficient (Wildman–Crippen LogP) is 3.38. The molecule has 1 aliphatic heterocycles. The molecule has 1 fully saturated rings. The molecule has 1 aromatic carbocycles. The van der Waals surface area contributed by atoms with Gasteiger partial charge < -0.3 is 4.98 Å². The molecule has 0 radical (unpaired) electrons. The average molecular weight is 284 g/mol. The summed E-state index contributed by atoms with van der Waals surface area (Å²) >= 11 is 0. The highest BCUT2D eigenvalue weighted by molar-refractivity contribution is 5.82. The van der Waals surface area contributed by atoms with Crippen molar-refractivity contribution in [3.8, 4) is 0 Å². The molecule has 2 heterocycles. The summed E-state index contributed by atoms with van der Waals surface area (Å²) in [5, 5.41) is 0.820. The topological polar surface area (TPSA) is 36.1 Å². The lowest BCUT2D eigenvalue weighted by Crippen LogP contribution is -2.35. The fraction of sp³-hybridized carbons (Fsp3) is 0.500. The van der Waals surface area contributed by atoms with E-state index in [0.29, 0.717) is 0 Å². The van der Waals surface area contributed by atoms with E-state index in [4.69, 9.17) is 0 Å². The molecule has 3 nitrogen and oxygen atoms in total. The summed E-state index contributed by atoms with van der Waals surface area (Å²) in [5.74, 6) is 0.737. The van der Waals surface area contributed by atoms with Crippen molar-refractivity contribution in [2.75, 3.05) is 13.1 Å². The normalized spacial score (nSPS) is 20.0. The molecule has 112 valence electrons. The van der Waals surface area contributed by atoms with Gasteiger partial charge in [-0.15, -0.1) is 0 Å². The maximum atomic E-state index is 12.8. The van der Waals surface area contributed by atoms with E-state index in [9.17, 15) is 4.79 Å². The minimum atomic E-state index is 0.197. The SMILES string of the molecule is Cc1[nH]c2c(C)cccc2c(=O)c1CN1CCC[C@H](C)C1. The summed E-state index contributed by atoms with van der Waals surface area (Å²) in [6.45, 7) is 9.35. The molecule has 0 unspecified atom stereocenters. The van der Waals surface area contributed by atoms with Crippen LogP contribution in [0.3, 0.4) is 0 Å².